The number of nitrogens with zero attached hydrogens (tertiary/aromatic N) is 3. The van der Waals surface area contributed by atoms with Crippen molar-refractivity contribution in [3.05, 3.63) is 29.2 Å². The molecule has 1 aromatic heterocycles. The largest absolute Gasteiger partial charge is 0.489 e. The van der Waals surface area contributed by atoms with E-state index in [1.807, 2.05) is 38.1 Å². The lowest BCUT2D eigenvalue weighted by Crippen LogP contribution is -1.98. The number of para-hydroxylation sites is 1. The quantitative estimate of drug-likeness (QED) is 0.720. The third-order valence-corrected chi connectivity index (χ3v) is 2.48. The summed E-state index contributed by atoms with van der Waals surface area (Å²) < 4.78 is 1.74. The molecule has 4 nitrogen and oxygen atoms in total. The van der Waals surface area contributed by atoms with Gasteiger partial charge in [0.25, 0.3) is 5.88 Å². The topological polar surface area (TPSA) is 53.3 Å². The Morgan fingerprint density at radius 1 is 1.33 bits per heavy atom. The zero-order valence-corrected chi connectivity index (χ0v) is 8.68. The van der Waals surface area contributed by atoms with Crippen molar-refractivity contribution < 1.29 is 5.11 Å². The van der Waals surface area contributed by atoms with Gasteiger partial charge in [-0.15, -0.1) is 0 Å². The molecular formula is C11H12N3O+. The monoisotopic (exact) mass is 202 g/mol. The Hall–Kier alpha value is -2.02. The molecule has 4 heteroatoms. The average molecular weight is 202 g/mol. The molecule has 0 atom stereocenters. The highest BCUT2D eigenvalue weighted by molar-refractivity contribution is 5.97. The van der Waals surface area contributed by atoms with Crippen molar-refractivity contribution in [1.29, 1.82) is 5.39 Å². The van der Waals surface area contributed by atoms with Gasteiger partial charge < -0.3 is 9.67 Å². The van der Waals surface area contributed by atoms with Crippen LogP contribution in [0.15, 0.2) is 24.3 Å². The van der Waals surface area contributed by atoms with E-state index >= 15 is 0 Å². The van der Waals surface area contributed by atoms with E-state index in [1.165, 1.54) is 0 Å². The van der Waals surface area contributed by atoms with Crippen molar-refractivity contribution in [2.24, 2.45) is 0 Å². The van der Waals surface area contributed by atoms with Crippen molar-refractivity contribution in [1.82, 2.24) is 4.57 Å². The van der Waals surface area contributed by atoms with Gasteiger partial charge in [0, 0.05) is 6.04 Å². The fourth-order valence-electron chi connectivity index (χ4n) is 1.85. The fourth-order valence-corrected chi connectivity index (χ4v) is 1.85. The van der Waals surface area contributed by atoms with Gasteiger partial charge in [-0.25, -0.2) is 0 Å². The molecule has 2 aromatic rings. The predicted molar refractivity (Wildman–Crippen MR) is 58.7 cm³/mol. The lowest BCUT2D eigenvalue weighted by molar-refractivity contribution is 0.409. The van der Waals surface area contributed by atoms with E-state index in [1.54, 1.807) is 4.57 Å². The van der Waals surface area contributed by atoms with Crippen LogP contribution in [0.3, 0.4) is 0 Å². The van der Waals surface area contributed by atoms with E-state index < -0.39 is 0 Å². The van der Waals surface area contributed by atoms with Crippen LogP contribution in [0.25, 0.3) is 15.9 Å². The third kappa shape index (κ3) is 1.24. The predicted octanol–water partition coefficient (Wildman–Crippen LogP) is 3.41. The van der Waals surface area contributed by atoms with Crippen molar-refractivity contribution in [2.75, 3.05) is 0 Å². The second-order valence-corrected chi connectivity index (χ2v) is 3.75. The zero-order chi connectivity index (χ0) is 11.0. The second kappa shape index (κ2) is 3.28. The molecule has 0 saturated carbocycles. The number of aromatic hydroxyl groups is 1. The lowest BCUT2D eigenvalue weighted by atomic mass is 10.2. The van der Waals surface area contributed by atoms with Crippen LogP contribution < -0.4 is 0 Å². The molecule has 0 spiro atoms. The summed E-state index contributed by atoms with van der Waals surface area (Å²) in [5.74, 6) is 0.00806. The summed E-state index contributed by atoms with van der Waals surface area (Å²) in [7, 11) is 0. The van der Waals surface area contributed by atoms with Crippen LogP contribution in [0.5, 0.6) is 5.88 Å². The molecule has 0 aliphatic rings. The number of rotatable bonds is 1. The number of diazo groups is 1. The number of hydrogen-bond acceptors (Lipinski definition) is 2. The molecular weight excluding hydrogens is 190 g/mol. The first-order chi connectivity index (χ1) is 7.16. The summed E-state index contributed by atoms with van der Waals surface area (Å²) in [6.45, 7) is 3.93. The van der Waals surface area contributed by atoms with Crippen LogP contribution in [-0.4, -0.2) is 9.67 Å². The van der Waals surface area contributed by atoms with E-state index in [2.05, 4.69) is 4.98 Å². The van der Waals surface area contributed by atoms with Crippen LogP contribution in [0, 0.1) is 5.39 Å². The number of hydrogen-bond donors (Lipinski definition) is 1. The standard InChI is InChI=1S/C11H11N3O/c1-7(2)14-9-6-4-3-5-8(9)10(13-12)11(14)15/h3-7H,1-2H3/p+1. The van der Waals surface area contributed by atoms with Crippen LogP contribution in [0.2, 0.25) is 0 Å². The molecule has 76 valence electrons. The Kier molecular flexibility index (Phi) is 2.09. The zero-order valence-electron chi connectivity index (χ0n) is 8.68. The minimum absolute atomic E-state index is 0.00806. The molecule has 15 heavy (non-hydrogen) atoms. The van der Waals surface area contributed by atoms with Crippen molar-refractivity contribution >= 4 is 16.6 Å². The molecule has 0 aliphatic heterocycles. The molecule has 0 fully saturated rings. The van der Waals surface area contributed by atoms with Gasteiger partial charge in [0.1, 0.15) is 0 Å². The Morgan fingerprint density at radius 3 is 2.60 bits per heavy atom. The molecule has 0 bridgehead atoms. The molecule has 1 N–H and O–H groups in total. The highest BCUT2D eigenvalue weighted by atomic mass is 16.3. The second-order valence-electron chi connectivity index (χ2n) is 3.75. The molecule has 0 amide bonds. The fraction of sp³-hybridized carbons (Fsp3) is 0.273. The Balaban J connectivity index is 2.93. The van der Waals surface area contributed by atoms with Gasteiger partial charge in [-0.05, 0) is 26.0 Å². The van der Waals surface area contributed by atoms with Crippen LogP contribution in [-0.2, 0) is 0 Å². The van der Waals surface area contributed by atoms with Gasteiger partial charge in [0.2, 0.25) is 5.39 Å². The minimum Gasteiger partial charge on any atom is -0.489 e. The molecule has 0 saturated heterocycles. The lowest BCUT2D eigenvalue weighted by Gasteiger charge is -2.08. The maximum atomic E-state index is 9.89. The molecule has 1 heterocycles. The molecule has 0 radical (unpaired) electrons. The minimum atomic E-state index is 0.00806. The smallest absolute Gasteiger partial charge is 0.453 e. The normalized spacial score (nSPS) is 10.8. The van der Waals surface area contributed by atoms with E-state index in [0.29, 0.717) is 0 Å². The van der Waals surface area contributed by atoms with E-state index in [9.17, 15) is 5.11 Å². The highest BCUT2D eigenvalue weighted by Gasteiger charge is 2.27. The first kappa shape index (κ1) is 9.53. The molecule has 0 aliphatic carbocycles. The summed E-state index contributed by atoms with van der Waals surface area (Å²) in [6, 6.07) is 7.57. The maximum absolute atomic E-state index is 9.89. The number of fused-ring (bicyclic) bond motifs is 1. The Morgan fingerprint density at radius 2 is 2.00 bits per heavy atom. The summed E-state index contributed by atoms with van der Waals surface area (Å²) in [5.41, 5.74) is 1.11. The molecule has 0 unspecified atom stereocenters. The van der Waals surface area contributed by atoms with Crippen LogP contribution in [0.4, 0.5) is 5.69 Å². The van der Waals surface area contributed by atoms with E-state index in [4.69, 9.17) is 5.39 Å². The average Bonchev–Trinajstić information content (AvgIpc) is 2.49. The summed E-state index contributed by atoms with van der Waals surface area (Å²) in [6.07, 6.45) is 0. The highest BCUT2D eigenvalue weighted by Crippen LogP contribution is 2.40. The van der Waals surface area contributed by atoms with Gasteiger partial charge in [0.05, 0.1) is 10.9 Å². The SMILES string of the molecule is CC(C)n1c(O)c([N+]#N)c2ccccc21. The Labute approximate surface area is 87.4 Å². The summed E-state index contributed by atoms with van der Waals surface area (Å²) >= 11 is 0. The van der Waals surface area contributed by atoms with Gasteiger partial charge in [-0.1, -0.05) is 12.1 Å². The van der Waals surface area contributed by atoms with Crippen molar-refractivity contribution in [3.63, 3.8) is 0 Å². The Bertz CT molecular complexity index is 549. The van der Waals surface area contributed by atoms with E-state index in [-0.39, 0.29) is 17.6 Å². The van der Waals surface area contributed by atoms with Crippen molar-refractivity contribution in [2.45, 2.75) is 19.9 Å². The number of benzene rings is 1. The maximum Gasteiger partial charge on any atom is 0.453 e. The third-order valence-electron chi connectivity index (χ3n) is 2.48. The van der Waals surface area contributed by atoms with Crippen molar-refractivity contribution in [3.8, 4) is 5.88 Å². The number of aromatic nitrogens is 1. The first-order valence-corrected chi connectivity index (χ1v) is 4.83. The van der Waals surface area contributed by atoms with Crippen LogP contribution in [0.1, 0.15) is 19.9 Å². The van der Waals surface area contributed by atoms with Crippen LogP contribution >= 0.6 is 0 Å². The van der Waals surface area contributed by atoms with Gasteiger partial charge in [0.15, 0.2) is 4.98 Å². The molecule has 2 rings (SSSR count). The molecule has 1 aromatic carbocycles. The van der Waals surface area contributed by atoms with Gasteiger partial charge in [-0.2, -0.15) is 0 Å². The van der Waals surface area contributed by atoms with Gasteiger partial charge in [-0.3, -0.25) is 0 Å². The van der Waals surface area contributed by atoms with E-state index in [0.717, 1.165) is 10.9 Å². The van der Waals surface area contributed by atoms with Gasteiger partial charge >= 0.3 is 5.69 Å². The first-order valence-electron chi connectivity index (χ1n) is 4.83. The summed E-state index contributed by atoms with van der Waals surface area (Å²) in [5, 5.41) is 19.5. The summed E-state index contributed by atoms with van der Waals surface area (Å²) in [4.78, 5) is 3.13.